The Kier molecular flexibility index (Phi) is 11.3. The minimum atomic E-state index is -1.12. The highest BCUT2D eigenvalue weighted by Crippen LogP contribution is 2.35. The predicted octanol–water partition coefficient (Wildman–Crippen LogP) is 3.31. The summed E-state index contributed by atoms with van der Waals surface area (Å²) >= 11 is 0. The van der Waals surface area contributed by atoms with Gasteiger partial charge in [0.05, 0.1) is 6.04 Å². The first-order chi connectivity index (χ1) is 22.7. The molecule has 268 valence electrons. The number of nitrogens with one attached hydrogen (secondary N) is 3. The molecule has 1 saturated heterocycles. The Morgan fingerprint density at radius 3 is 2.02 bits per heavy atom. The number of ketones is 1. The van der Waals surface area contributed by atoms with E-state index >= 15 is 0 Å². The fraction of sp³-hybridized carbons (Fsp3) is 0.622. The number of hydrogen-bond donors (Lipinski definition) is 4. The lowest BCUT2D eigenvalue weighted by Gasteiger charge is -2.32. The van der Waals surface area contributed by atoms with Gasteiger partial charge in [-0.2, -0.15) is 0 Å². The van der Waals surface area contributed by atoms with Gasteiger partial charge in [0.15, 0.2) is 0 Å². The summed E-state index contributed by atoms with van der Waals surface area (Å²) in [6, 6.07) is 3.97. The molecule has 1 aromatic rings. The number of esters is 1. The zero-order valence-electron chi connectivity index (χ0n) is 30.1. The van der Waals surface area contributed by atoms with E-state index in [0.29, 0.717) is 31.3 Å². The summed E-state index contributed by atoms with van der Waals surface area (Å²) in [4.78, 5) is 81.4. The van der Waals surface area contributed by atoms with E-state index in [4.69, 9.17) is 10.5 Å². The Labute approximate surface area is 289 Å². The van der Waals surface area contributed by atoms with Gasteiger partial charge in [-0.3, -0.25) is 19.2 Å². The number of primary amides is 1. The number of Topliss-reactive ketones (excluding diaryl/α,β-unsaturated/α-hetero) is 1. The number of fused-ring (bicyclic) bond motifs is 1. The Balaban J connectivity index is 1.66. The third kappa shape index (κ3) is 9.70. The quantitative estimate of drug-likeness (QED) is 0.158. The summed E-state index contributed by atoms with van der Waals surface area (Å²) < 4.78 is 5.60. The molecule has 0 bridgehead atoms. The molecule has 4 atom stereocenters. The molecule has 1 unspecified atom stereocenters. The molecule has 4 rings (SSSR count). The third-order valence-corrected chi connectivity index (χ3v) is 9.50. The number of benzene rings is 1. The van der Waals surface area contributed by atoms with E-state index in [2.05, 4.69) is 16.0 Å². The SMILES string of the molecule is CC(C)[C@@H]1C[C@@H](C(=O)NC(CC2CC2)C(=O)C(N)=O)N(C(=O)C(NC(=O)N[C@H](C(=O)OC(C)(C)C)C(C)(C)C)=C2Cc3ccccc3C2)C1. The molecule has 2 fully saturated rings. The minimum absolute atomic E-state index is 0.0354. The van der Waals surface area contributed by atoms with Crippen molar-refractivity contribution in [3.8, 4) is 0 Å². The van der Waals surface area contributed by atoms with E-state index in [9.17, 15) is 28.8 Å². The molecule has 49 heavy (non-hydrogen) atoms. The van der Waals surface area contributed by atoms with Gasteiger partial charge >= 0.3 is 12.0 Å². The Morgan fingerprint density at radius 1 is 0.939 bits per heavy atom. The number of allylic oxidation sites excluding steroid dienone is 1. The minimum Gasteiger partial charge on any atom is -0.458 e. The number of amides is 5. The van der Waals surface area contributed by atoms with E-state index in [1.165, 1.54) is 4.90 Å². The average molecular weight is 680 g/mol. The number of urea groups is 1. The first kappa shape index (κ1) is 37.6. The second kappa shape index (κ2) is 14.7. The standard InChI is InChI=1S/C37H53N5O7/c1-20(2)25-18-27(32(45)39-26(15-21-13-14-21)29(43)31(38)44)42(19-25)33(46)28(24-16-22-11-9-10-12-23(22)17-24)40-35(48)41-30(36(3,4)5)34(47)49-37(6,7)8/h9-12,20-21,25-27,30H,13-19H2,1-8H3,(H2,38,44)(H,39,45)(H2,40,41,48)/t25-,26?,27+,30-/m1/s1. The van der Waals surface area contributed by atoms with Crippen LogP contribution in [0.2, 0.25) is 0 Å². The monoisotopic (exact) mass is 679 g/mol. The highest BCUT2D eigenvalue weighted by Gasteiger charge is 2.44. The van der Waals surface area contributed by atoms with Crippen LogP contribution in [0.25, 0.3) is 0 Å². The Morgan fingerprint density at radius 2 is 1.53 bits per heavy atom. The molecule has 12 nitrogen and oxygen atoms in total. The molecule has 1 aliphatic heterocycles. The van der Waals surface area contributed by atoms with Crippen LogP contribution < -0.4 is 21.7 Å². The van der Waals surface area contributed by atoms with Gasteiger partial charge in [-0.05, 0) is 86.3 Å². The molecular weight excluding hydrogens is 626 g/mol. The van der Waals surface area contributed by atoms with Crippen LogP contribution in [0.5, 0.6) is 0 Å². The molecule has 5 N–H and O–H groups in total. The van der Waals surface area contributed by atoms with Gasteiger partial charge in [-0.1, -0.05) is 71.7 Å². The maximum absolute atomic E-state index is 14.6. The van der Waals surface area contributed by atoms with Crippen LogP contribution >= 0.6 is 0 Å². The largest absolute Gasteiger partial charge is 0.458 e. The average Bonchev–Trinajstić information content (AvgIpc) is 3.52. The molecule has 5 amide bonds. The van der Waals surface area contributed by atoms with Crippen molar-refractivity contribution in [2.75, 3.05) is 6.54 Å². The topological polar surface area (TPSA) is 177 Å². The highest BCUT2D eigenvalue weighted by atomic mass is 16.6. The number of hydrogen-bond acceptors (Lipinski definition) is 7. The van der Waals surface area contributed by atoms with Gasteiger partial charge in [0.1, 0.15) is 23.4 Å². The summed E-state index contributed by atoms with van der Waals surface area (Å²) in [6.07, 6.45) is 3.29. The van der Waals surface area contributed by atoms with Crippen molar-refractivity contribution < 1.29 is 33.5 Å². The van der Waals surface area contributed by atoms with Gasteiger partial charge < -0.3 is 31.3 Å². The molecular formula is C37H53N5O7. The zero-order valence-corrected chi connectivity index (χ0v) is 30.1. The molecule has 2 aliphatic carbocycles. The van der Waals surface area contributed by atoms with E-state index in [-0.39, 0.29) is 30.0 Å². The van der Waals surface area contributed by atoms with Crippen molar-refractivity contribution in [1.82, 2.24) is 20.9 Å². The molecule has 0 radical (unpaired) electrons. The summed E-state index contributed by atoms with van der Waals surface area (Å²) in [6.45, 7) is 14.9. The first-order valence-corrected chi connectivity index (χ1v) is 17.3. The maximum atomic E-state index is 14.6. The van der Waals surface area contributed by atoms with Crippen LogP contribution in [0.1, 0.15) is 92.2 Å². The molecule has 1 aromatic carbocycles. The number of rotatable bonds is 11. The lowest BCUT2D eigenvalue weighted by Crippen LogP contribution is -2.56. The summed E-state index contributed by atoms with van der Waals surface area (Å²) in [5.74, 6) is -3.35. The number of carbonyl (C=O) groups excluding carboxylic acids is 6. The van der Waals surface area contributed by atoms with Crippen molar-refractivity contribution >= 4 is 35.5 Å². The number of ether oxygens (including phenoxy) is 1. The third-order valence-electron chi connectivity index (χ3n) is 9.50. The van der Waals surface area contributed by atoms with Gasteiger partial charge in [-0.15, -0.1) is 0 Å². The van der Waals surface area contributed by atoms with Gasteiger partial charge in [0.2, 0.25) is 11.7 Å². The predicted molar refractivity (Wildman–Crippen MR) is 184 cm³/mol. The van der Waals surface area contributed by atoms with Gasteiger partial charge in [-0.25, -0.2) is 9.59 Å². The fourth-order valence-corrected chi connectivity index (χ4v) is 6.49. The van der Waals surface area contributed by atoms with E-state index in [1.807, 2.05) is 38.1 Å². The van der Waals surface area contributed by atoms with E-state index < -0.39 is 64.6 Å². The van der Waals surface area contributed by atoms with Crippen LogP contribution in [0.15, 0.2) is 35.5 Å². The van der Waals surface area contributed by atoms with Gasteiger partial charge in [0, 0.05) is 6.54 Å². The number of likely N-dealkylation sites (tertiary alicyclic amines) is 1. The van der Waals surface area contributed by atoms with Crippen molar-refractivity contribution in [3.05, 3.63) is 46.7 Å². The van der Waals surface area contributed by atoms with E-state index in [1.54, 1.807) is 41.5 Å². The van der Waals surface area contributed by atoms with Crippen LogP contribution in [0.4, 0.5) is 4.79 Å². The Hall–Kier alpha value is -4.22. The lowest BCUT2D eigenvalue weighted by atomic mass is 9.86. The normalized spacial score (nSPS) is 20.3. The van der Waals surface area contributed by atoms with Crippen molar-refractivity contribution in [2.24, 2.45) is 28.9 Å². The van der Waals surface area contributed by atoms with Crippen molar-refractivity contribution in [1.29, 1.82) is 0 Å². The van der Waals surface area contributed by atoms with Crippen LogP contribution in [0, 0.1) is 23.2 Å². The van der Waals surface area contributed by atoms with Crippen molar-refractivity contribution in [2.45, 2.75) is 118 Å². The second-order valence-corrected chi connectivity index (χ2v) is 16.2. The lowest BCUT2D eigenvalue weighted by molar-refractivity contribution is -0.160. The maximum Gasteiger partial charge on any atom is 0.329 e. The molecule has 0 spiro atoms. The molecule has 3 aliphatic rings. The van der Waals surface area contributed by atoms with Crippen LogP contribution in [-0.2, 0) is 41.6 Å². The molecule has 1 saturated carbocycles. The Bertz CT molecular complexity index is 1490. The number of nitrogens with two attached hydrogens (primary N) is 1. The summed E-state index contributed by atoms with van der Waals surface area (Å²) in [5, 5.41) is 8.27. The first-order valence-electron chi connectivity index (χ1n) is 17.3. The van der Waals surface area contributed by atoms with Crippen molar-refractivity contribution in [3.63, 3.8) is 0 Å². The number of nitrogens with zero attached hydrogens (tertiary/aromatic N) is 1. The fourth-order valence-electron chi connectivity index (χ4n) is 6.49. The highest BCUT2D eigenvalue weighted by molar-refractivity contribution is 6.37. The smallest absolute Gasteiger partial charge is 0.329 e. The zero-order chi connectivity index (χ0) is 36.4. The molecule has 0 aromatic heterocycles. The summed E-state index contributed by atoms with van der Waals surface area (Å²) in [7, 11) is 0. The van der Waals surface area contributed by atoms with Crippen LogP contribution in [0.3, 0.4) is 0 Å². The van der Waals surface area contributed by atoms with Crippen LogP contribution in [-0.4, -0.2) is 70.7 Å². The summed E-state index contributed by atoms with van der Waals surface area (Å²) in [5.41, 5.74) is 6.57. The second-order valence-electron chi connectivity index (χ2n) is 16.2. The van der Waals surface area contributed by atoms with Gasteiger partial charge in [0.25, 0.3) is 11.8 Å². The molecule has 1 heterocycles. The molecule has 12 heteroatoms. The number of carbonyl (C=O) groups is 6. The van der Waals surface area contributed by atoms with E-state index in [0.717, 1.165) is 24.0 Å².